The molecule has 0 bridgehead atoms. The first-order valence-electron chi connectivity index (χ1n) is 7.66. The summed E-state index contributed by atoms with van der Waals surface area (Å²) in [5, 5.41) is 5.25. The van der Waals surface area contributed by atoms with Gasteiger partial charge in [0.25, 0.3) is 5.56 Å². The minimum atomic E-state index is -0.471. The number of thioether (sulfide) groups is 1. The summed E-state index contributed by atoms with van der Waals surface area (Å²) in [4.78, 5) is 28.9. The zero-order chi connectivity index (χ0) is 17.3. The molecule has 0 saturated heterocycles. The summed E-state index contributed by atoms with van der Waals surface area (Å²) in [5.74, 6) is 0.428. The van der Waals surface area contributed by atoms with Gasteiger partial charge in [-0.1, -0.05) is 23.9 Å². The summed E-state index contributed by atoms with van der Waals surface area (Å²) in [6, 6.07) is 7.31. The van der Waals surface area contributed by atoms with Gasteiger partial charge in [0.05, 0.1) is 17.4 Å². The molecule has 2 heterocycles. The molecule has 0 aliphatic rings. The van der Waals surface area contributed by atoms with Gasteiger partial charge in [-0.25, -0.2) is 9.78 Å². The van der Waals surface area contributed by atoms with Gasteiger partial charge >= 0.3 is 5.76 Å². The van der Waals surface area contributed by atoms with Crippen LogP contribution >= 0.6 is 11.8 Å². The van der Waals surface area contributed by atoms with Gasteiger partial charge < -0.3 is 4.42 Å². The zero-order valence-electron chi connectivity index (χ0n) is 13.7. The number of para-hydroxylation sites is 1. The van der Waals surface area contributed by atoms with Crippen LogP contribution in [0.4, 0.5) is 0 Å². The Hall–Kier alpha value is -2.35. The molecule has 7 nitrogen and oxygen atoms in total. The molecule has 126 valence electrons. The third kappa shape index (κ3) is 3.14. The van der Waals surface area contributed by atoms with Gasteiger partial charge in [0, 0.05) is 18.7 Å². The number of aryl methyl sites for hydroxylation is 2. The summed E-state index contributed by atoms with van der Waals surface area (Å²) in [6.07, 6.45) is 0. The van der Waals surface area contributed by atoms with Crippen molar-refractivity contribution in [2.75, 3.05) is 5.75 Å². The Morgan fingerprint density at radius 1 is 1.25 bits per heavy atom. The van der Waals surface area contributed by atoms with Gasteiger partial charge in [0.15, 0.2) is 5.16 Å². The van der Waals surface area contributed by atoms with Crippen molar-refractivity contribution in [3.63, 3.8) is 0 Å². The van der Waals surface area contributed by atoms with E-state index in [0.29, 0.717) is 34.2 Å². The Morgan fingerprint density at radius 2 is 2.00 bits per heavy atom. The topological polar surface area (TPSA) is 82.9 Å². The zero-order valence-corrected chi connectivity index (χ0v) is 14.5. The monoisotopic (exact) mass is 346 g/mol. The summed E-state index contributed by atoms with van der Waals surface area (Å²) in [5.41, 5.74) is 0.629. The highest BCUT2D eigenvalue weighted by Crippen LogP contribution is 2.20. The fraction of sp³-hybridized carbons (Fsp3) is 0.375. The molecule has 24 heavy (non-hydrogen) atoms. The normalized spacial score (nSPS) is 11.5. The summed E-state index contributed by atoms with van der Waals surface area (Å²) < 4.78 is 7.84. The van der Waals surface area contributed by atoms with Gasteiger partial charge in [-0.05, 0) is 26.0 Å². The van der Waals surface area contributed by atoms with Crippen LogP contribution in [0.25, 0.3) is 10.9 Å². The molecule has 0 atom stereocenters. The molecule has 0 aliphatic heterocycles. The lowest BCUT2D eigenvalue weighted by Crippen LogP contribution is -2.25. The van der Waals surface area contributed by atoms with E-state index in [-0.39, 0.29) is 11.6 Å². The third-order valence-electron chi connectivity index (χ3n) is 3.53. The molecule has 3 rings (SSSR count). The smallest absolute Gasteiger partial charge is 0.393 e. The molecule has 0 fully saturated rings. The van der Waals surface area contributed by atoms with E-state index in [9.17, 15) is 9.59 Å². The molecule has 1 aromatic carbocycles. The molecule has 0 amide bonds. The SMILES string of the molecule is Cc1nn(CCSc2nc3ccccc3c(=O)n2C(C)C)c(=O)o1. The predicted octanol–water partition coefficient (Wildman–Crippen LogP) is 2.23. The van der Waals surface area contributed by atoms with Gasteiger partial charge in [-0.15, -0.1) is 5.10 Å². The van der Waals surface area contributed by atoms with Crippen LogP contribution in [0.3, 0.4) is 0 Å². The van der Waals surface area contributed by atoms with Crippen molar-refractivity contribution >= 4 is 22.7 Å². The van der Waals surface area contributed by atoms with Gasteiger partial charge in [-0.2, -0.15) is 4.68 Å². The van der Waals surface area contributed by atoms with E-state index in [4.69, 9.17) is 4.42 Å². The van der Waals surface area contributed by atoms with Crippen molar-refractivity contribution in [1.82, 2.24) is 19.3 Å². The van der Waals surface area contributed by atoms with Crippen molar-refractivity contribution in [3.8, 4) is 0 Å². The quantitative estimate of drug-likeness (QED) is 0.520. The number of aromatic nitrogens is 4. The van der Waals surface area contributed by atoms with Crippen molar-refractivity contribution in [1.29, 1.82) is 0 Å². The number of fused-ring (bicyclic) bond motifs is 1. The lowest BCUT2D eigenvalue weighted by atomic mass is 10.2. The summed E-state index contributed by atoms with van der Waals surface area (Å²) in [7, 11) is 0. The molecule has 8 heteroatoms. The highest BCUT2D eigenvalue weighted by molar-refractivity contribution is 7.99. The number of nitrogens with zero attached hydrogens (tertiary/aromatic N) is 4. The highest BCUT2D eigenvalue weighted by Gasteiger charge is 2.14. The van der Waals surface area contributed by atoms with Gasteiger partial charge in [-0.3, -0.25) is 9.36 Å². The standard InChI is InChI=1S/C16H18N4O3S/c1-10(2)20-14(21)12-6-4-5-7-13(12)17-15(20)24-9-8-19-16(22)23-11(3)18-19/h4-7,10H,8-9H2,1-3H3. The maximum atomic E-state index is 12.7. The largest absolute Gasteiger partial charge is 0.437 e. The maximum Gasteiger partial charge on any atom is 0.437 e. The van der Waals surface area contributed by atoms with Crippen LogP contribution in [0.1, 0.15) is 25.8 Å². The van der Waals surface area contributed by atoms with Crippen LogP contribution in [0.2, 0.25) is 0 Å². The second-order valence-electron chi connectivity index (χ2n) is 5.64. The Bertz CT molecular complexity index is 987. The first kappa shape index (κ1) is 16.5. The predicted molar refractivity (Wildman–Crippen MR) is 92.6 cm³/mol. The Kier molecular flexibility index (Phi) is 4.57. The number of hydrogen-bond donors (Lipinski definition) is 0. The molecule has 0 aliphatic carbocycles. The van der Waals surface area contributed by atoms with Gasteiger partial charge in [0.1, 0.15) is 0 Å². The molecule has 0 unspecified atom stereocenters. The second-order valence-corrected chi connectivity index (χ2v) is 6.70. The van der Waals surface area contributed by atoms with Crippen molar-refractivity contribution < 1.29 is 4.42 Å². The molecule has 0 spiro atoms. The number of benzene rings is 1. The molecule has 0 saturated carbocycles. The molecule has 0 radical (unpaired) electrons. The van der Waals surface area contributed by atoms with Gasteiger partial charge in [0.2, 0.25) is 5.89 Å². The van der Waals surface area contributed by atoms with Crippen molar-refractivity contribution in [3.05, 3.63) is 51.1 Å². The summed E-state index contributed by atoms with van der Waals surface area (Å²) in [6.45, 7) is 5.93. The van der Waals surface area contributed by atoms with E-state index in [1.807, 2.05) is 32.0 Å². The Balaban J connectivity index is 1.90. The highest BCUT2D eigenvalue weighted by atomic mass is 32.2. The fourth-order valence-electron chi connectivity index (χ4n) is 2.46. The van der Waals surface area contributed by atoms with E-state index in [1.165, 1.54) is 16.4 Å². The van der Waals surface area contributed by atoms with E-state index in [0.717, 1.165) is 0 Å². The average Bonchev–Trinajstić information content (AvgIpc) is 2.85. The molecule has 3 aromatic rings. The van der Waals surface area contributed by atoms with E-state index < -0.39 is 5.76 Å². The Morgan fingerprint density at radius 3 is 2.67 bits per heavy atom. The molecule has 2 aromatic heterocycles. The van der Waals surface area contributed by atoms with Crippen molar-refractivity contribution in [2.45, 2.75) is 38.5 Å². The lowest BCUT2D eigenvalue weighted by molar-refractivity contribution is 0.464. The minimum Gasteiger partial charge on any atom is -0.393 e. The third-order valence-corrected chi connectivity index (χ3v) is 4.47. The molecular formula is C16H18N4O3S. The number of rotatable bonds is 5. The van der Waals surface area contributed by atoms with E-state index in [1.54, 1.807) is 17.6 Å². The molecule has 0 N–H and O–H groups in total. The van der Waals surface area contributed by atoms with Crippen LogP contribution in [-0.4, -0.2) is 25.1 Å². The maximum absolute atomic E-state index is 12.7. The van der Waals surface area contributed by atoms with Crippen LogP contribution in [0, 0.1) is 6.92 Å². The fourth-order valence-corrected chi connectivity index (χ4v) is 3.50. The first-order valence-corrected chi connectivity index (χ1v) is 8.64. The van der Waals surface area contributed by atoms with Crippen molar-refractivity contribution in [2.24, 2.45) is 0 Å². The van der Waals surface area contributed by atoms with Crippen LogP contribution in [-0.2, 0) is 6.54 Å². The van der Waals surface area contributed by atoms with Crippen LogP contribution in [0.15, 0.2) is 43.4 Å². The van der Waals surface area contributed by atoms with Crippen LogP contribution < -0.4 is 11.3 Å². The summed E-state index contributed by atoms with van der Waals surface area (Å²) >= 11 is 1.43. The van der Waals surface area contributed by atoms with Crippen LogP contribution in [0.5, 0.6) is 0 Å². The van der Waals surface area contributed by atoms with E-state index in [2.05, 4.69) is 10.1 Å². The molecular weight excluding hydrogens is 328 g/mol. The Labute approximate surface area is 142 Å². The second kappa shape index (κ2) is 6.64. The average molecular weight is 346 g/mol. The van der Waals surface area contributed by atoms with E-state index >= 15 is 0 Å². The first-order chi connectivity index (χ1) is 11.5. The lowest BCUT2D eigenvalue weighted by Gasteiger charge is -2.15. The number of hydrogen-bond acceptors (Lipinski definition) is 6. The minimum absolute atomic E-state index is 0.00544.